The summed E-state index contributed by atoms with van der Waals surface area (Å²) < 4.78 is 0. The Morgan fingerprint density at radius 2 is 1.17 bits per heavy atom. The first-order valence-corrected chi connectivity index (χ1v) is 14.4. The average molecular weight is 541 g/mol. The fraction of sp³-hybridized carbons (Fsp3) is 0.229. The van der Waals surface area contributed by atoms with Crippen molar-refractivity contribution in [2.75, 3.05) is 0 Å². The zero-order chi connectivity index (χ0) is 28.3. The second-order valence-electron chi connectivity index (χ2n) is 10.5. The summed E-state index contributed by atoms with van der Waals surface area (Å²) in [5, 5.41) is 1.45. The number of carbonyl (C=O) groups is 2. The van der Waals surface area contributed by atoms with Gasteiger partial charge in [0.2, 0.25) is 0 Å². The molecule has 0 fully saturated rings. The third-order valence-corrected chi connectivity index (χ3v) is 7.86. The van der Waals surface area contributed by atoms with Gasteiger partial charge in [-0.15, -0.1) is 0 Å². The van der Waals surface area contributed by atoms with Gasteiger partial charge >= 0.3 is 0 Å². The number of amides is 2. The van der Waals surface area contributed by atoms with Crippen LogP contribution in [0.5, 0.6) is 0 Å². The van der Waals surface area contributed by atoms with E-state index in [-0.39, 0.29) is 17.9 Å². The summed E-state index contributed by atoms with van der Waals surface area (Å²) >= 11 is 0. The average Bonchev–Trinajstić information content (AvgIpc) is 3.03. The number of hydrogen-bond donors (Lipinski definition) is 0. The van der Waals surface area contributed by atoms with Gasteiger partial charge in [0, 0.05) is 39.2 Å². The maximum atomic E-state index is 13.8. The van der Waals surface area contributed by atoms with Crippen LogP contribution in [0.2, 0.25) is 0 Å². The third-order valence-electron chi connectivity index (χ3n) is 7.86. The molecule has 0 N–H and O–H groups in total. The van der Waals surface area contributed by atoms with E-state index in [0.29, 0.717) is 34.0 Å². The maximum absolute atomic E-state index is 13.8. The van der Waals surface area contributed by atoms with E-state index in [2.05, 4.69) is 6.92 Å². The molecule has 6 heteroatoms. The summed E-state index contributed by atoms with van der Waals surface area (Å²) in [7, 11) is 0. The molecule has 0 spiro atoms. The van der Waals surface area contributed by atoms with Crippen molar-refractivity contribution in [3.05, 3.63) is 102 Å². The highest BCUT2D eigenvalue weighted by molar-refractivity contribution is 6.27. The van der Waals surface area contributed by atoms with Gasteiger partial charge in [-0.2, -0.15) is 0 Å². The topological polar surface area (TPSA) is 76.1 Å². The summed E-state index contributed by atoms with van der Waals surface area (Å²) in [5.41, 5.74) is 3.62. The monoisotopic (exact) mass is 540 g/mol. The molecule has 0 radical (unpaired) electrons. The first-order chi connectivity index (χ1) is 20.1. The van der Waals surface area contributed by atoms with Crippen LogP contribution < -0.4 is 0 Å². The van der Waals surface area contributed by atoms with Gasteiger partial charge < -0.3 is 0 Å². The number of carbonyl (C=O) groups excluding carboxylic acids is 2. The van der Waals surface area contributed by atoms with Crippen LogP contribution >= 0.6 is 0 Å². The van der Waals surface area contributed by atoms with Gasteiger partial charge in [0.25, 0.3) is 11.8 Å². The number of imide groups is 1. The highest BCUT2D eigenvalue weighted by Crippen LogP contribution is 2.37. The number of hydrogen-bond acceptors (Lipinski definition) is 5. The minimum Gasteiger partial charge on any atom is -0.271 e. The van der Waals surface area contributed by atoms with Crippen LogP contribution in [-0.2, 0) is 0 Å². The first-order valence-electron chi connectivity index (χ1n) is 14.4. The van der Waals surface area contributed by atoms with Crippen molar-refractivity contribution in [3.8, 4) is 34.2 Å². The van der Waals surface area contributed by atoms with E-state index in [1.807, 2.05) is 97.9 Å². The van der Waals surface area contributed by atoms with E-state index in [1.54, 1.807) is 0 Å². The van der Waals surface area contributed by atoms with Crippen LogP contribution in [0.15, 0.2) is 91.0 Å². The van der Waals surface area contributed by atoms with Gasteiger partial charge in [-0.1, -0.05) is 106 Å². The summed E-state index contributed by atoms with van der Waals surface area (Å²) in [6.07, 6.45) is 4.73. The van der Waals surface area contributed by atoms with E-state index in [1.165, 1.54) is 4.90 Å². The molecule has 1 aromatic heterocycles. The SMILES string of the molecule is CCCCCC(CC)N1C(=O)c2cccc3c(-c4nc(-c5ccccc5)nc(-c5ccccc5)n4)ccc(c23)C1=O. The van der Waals surface area contributed by atoms with Crippen LogP contribution in [0.3, 0.4) is 0 Å². The van der Waals surface area contributed by atoms with Crippen LogP contribution in [0.1, 0.15) is 66.7 Å². The molecule has 6 nitrogen and oxygen atoms in total. The van der Waals surface area contributed by atoms with Crippen molar-refractivity contribution in [1.29, 1.82) is 0 Å². The minimum atomic E-state index is -0.223. The van der Waals surface area contributed by atoms with Gasteiger partial charge in [0.15, 0.2) is 17.5 Å². The zero-order valence-corrected chi connectivity index (χ0v) is 23.4. The van der Waals surface area contributed by atoms with Crippen molar-refractivity contribution < 1.29 is 9.59 Å². The van der Waals surface area contributed by atoms with Gasteiger partial charge in [-0.05, 0) is 36.4 Å². The molecule has 5 aromatic rings. The molecule has 0 saturated carbocycles. The molecule has 1 aliphatic rings. The van der Waals surface area contributed by atoms with Gasteiger partial charge in [-0.3, -0.25) is 14.5 Å². The van der Waals surface area contributed by atoms with E-state index in [0.717, 1.165) is 54.2 Å². The molecule has 1 unspecified atom stereocenters. The standard InChI is InChI=1S/C35H32N4O2/c1-3-5-8-18-25(4-2)39-34(40)28-20-13-19-26-27(21-22-29(30(26)28)35(39)41)33-37-31(23-14-9-6-10-15-23)36-32(38-33)24-16-11-7-12-17-24/h6-7,9-17,19-22,25H,3-5,8,18H2,1-2H3. The van der Waals surface area contributed by atoms with Crippen molar-refractivity contribution in [2.45, 2.75) is 52.0 Å². The minimum absolute atomic E-state index is 0.116. The van der Waals surface area contributed by atoms with E-state index < -0.39 is 0 Å². The molecular formula is C35H32N4O2. The number of nitrogens with zero attached hydrogens (tertiary/aromatic N) is 4. The Morgan fingerprint density at radius 3 is 1.76 bits per heavy atom. The van der Waals surface area contributed by atoms with E-state index in [9.17, 15) is 9.59 Å². The number of benzene rings is 4. The van der Waals surface area contributed by atoms with E-state index >= 15 is 0 Å². The van der Waals surface area contributed by atoms with Crippen molar-refractivity contribution >= 4 is 22.6 Å². The zero-order valence-electron chi connectivity index (χ0n) is 23.4. The highest BCUT2D eigenvalue weighted by Gasteiger charge is 2.37. The first kappa shape index (κ1) is 26.5. The highest BCUT2D eigenvalue weighted by atomic mass is 16.2. The lowest BCUT2D eigenvalue weighted by Gasteiger charge is -2.33. The summed E-state index contributed by atoms with van der Waals surface area (Å²) in [6, 6.07) is 28.9. The fourth-order valence-corrected chi connectivity index (χ4v) is 5.72. The molecule has 2 amide bonds. The lowest BCUT2D eigenvalue weighted by molar-refractivity contribution is 0.0524. The van der Waals surface area contributed by atoms with Crippen molar-refractivity contribution in [1.82, 2.24) is 19.9 Å². The maximum Gasteiger partial charge on any atom is 0.261 e. The summed E-state index contributed by atoms with van der Waals surface area (Å²) in [4.78, 5) is 43.7. The molecule has 0 saturated heterocycles. The second-order valence-corrected chi connectivity index (χ2v) is 10.5. The largest absolute Gasteiger partial charge is 0.271 e. The Balaban J connectivity index is 1.50. The molecular weight excluding hydrogens is 508 g/mol. The van der Waals surface area contributed by atoms with Crippen LogP contribution in [0, 0.1) is 0 Å². The summed E-state index contributed by atoms with van der Waals surface area (Å²) in [6.45, 7) is 4.20. The quantitative estimate of drug-likeness (QED) is 0.140. The van der Waals surface area contributed by atoms with Gasteiger partial charge in [-0.25, -0.2) is 15.0 Å². The number of aromatic nitrogens is 3. The fourth-order valence-electron chi connectivity index (χ4n) is 5.72. The van der Waals surface area contributed by atoms with Crippen LogP contribution in [0.25, 0.3) is 44.9 Å². The lowest BCUT2D eigenvalue weighted by Crippen LogP contribution is -2.46. The van der Waals surface area contributed by atoms with Gasteiger partial charge in [0.1, 0.15) is 0 Å². The molecule has 6 rings (SSSR count). The van der Waals surface area contributed by atoms with Crippen LogP contribution in [0.4, 0.5) is 0 Å². The second kappa shape index (κ2) is 11.4. The molecule has 0 aliphatic carbocycles. The van der Waals surface area contributed by atoms with Crippen molar-refractivity contribution in [3.63, 3.8) is 0 Å². The summed E-state index contributed by atoms with van der Waals surface area (Å²) in [5.74, 6) is 1.17. The molecule has 204 valence electrons. The Hall–Kier alpha value is -4.71. The van der Waals surface area contributed by atoms with Crippen LogP contribution in [-0.4, -0.2) is 37.7 Å². The smallest absolute Gasteiger partial charge is 0.261 e. The lowest BCUT2D eigenvalue weighted by atomic mass is 9.89. The Labute approximate surface area is 240 Å². The Bertz CT molecular complexity index is 1650. The molecule has 0 bridgehead atoms. The third kappa shape index (κ3) is 4.91. The molecule has 2 heterocycles. The molecule has 1 atom stereocenters. The predicted octanol–water partition coefficient (Wildman–Crippen LogP) is 7.98. The van der Waals surface area contributed by atoms with Crippen molar-refractivity contribution in [2.24, 2.45) is 0 Å². The Morgan fingerprint density at radius 1 is 0.610 bits per heavy atom. The van der Waals surface area contributed by atoms with E-state index in [4.69, 9.17) is 15.0 Å². The normalized spacial score (nSPS) is 13.6. The molecule has 1 aliphatic heterocycles. The number of unbranched alkanes of at least 4 members (excludes halogenated alkanes) is 2. The van der Waals surface area contributed by atoms with Gasteiger partial charge in [0.05, 0.1) is 0 Å². The Kier molecular flexibility index (Phi) is 7.38. The molecule has 41 heavy (non-hydrogen) atoms. The molecule has 4 aromatic carbocycles. The predicted molar refractivity (Wildman–Crippen MR) is 162 cm³/mol. The number of rotatable bonds is 9.